The lowest BCUT2D eigenvalue weighted by Gasteiger charge is -2.39. The van der Waals surface area contributed by atoms with Gasteiger partial charge in [-0.1, -0.05) is 24.3 Å². The van der Waals surface area contributed by atoms with Gasteiger partial charge in [0.05, 0.1) is 12.0 Å². The van der Waals surface area contributed by atoms with Gasteiger partial charge in [0.2, 0.25) is 5.91 Å². The highest BCUT2D eigenvalue weighted by molar-refractivity contribution is 7.10. The van der Waals surface area contributed by atoms with Gasteiger partial charge in [-0.15, -0.1) is 11.3 Å². The lowest BCUT2D eigenvalue weighted by molar-refractivity contribution is -0.124. The van der Waals surface area contributed by atoms with E-state index in [4.69, 9.17) is 4.74 Å². The van der Waals surface area contributed by atoms with Gasteiger partial charge >= 0.3 is 0 Å². The van der Waals surface area contributed by atoms with Gasteiger partial charge < -0.3 is 15.0 Å². The average Bonchev–Trinajstić information content (AvgIpc) is 3.15. The summed E-state index contributed by atoms with van der Waals surface area (Å²) in [4.78, 5) is 28.5. The standard InChI is InChI=1S/C19H22N2O3S/c1-21-17(15-9-5-12-25-15)16(18(22)20-10-6-11-24-2)13-7-3-4-8-14(13)19(21)23/h3-5,7-9,12,16-17H,6,10-11H2,1-2H3,(H,20,22)/t16-,17-/m0/s1. The van der Waals surface area contributed by atoms with Crippen molar-refractivity contribution in [3.63, 3.8) is 0 Å². The molecule has 2 atom stereocenters. The van der Waals surface area contributed by atoms with Crippen LogP contribution >= 0.6 is 11.3 Å². The predicted octanol–water partition coefficient (Wildman–Crippen LogP) is 2.81. The van der Waals surface area contributed by atoms with Crippen LogP contribution in [0.25, 0.3) is 0 Å². The molecule has 0 unspecified atom stereocenters. The van der Waals surface area contributed by atoms with E-state index in [2.05, 4.69) is 5.32 Å². The number of amides is 2. The molecule has 132 valence electrons. The van der Waals surface area contributed by atoms with Crippen LogP contribution in [-0.2, 0) is 9.53 Å². The fourth-order valence-electron chi connectivity index (χ4n) is 3.31. The maximum Gasteiger partial charge on any atom is 0.254 e. The van der Waals surface area contributed by atoms with Gasteiger partial charge in [-0.25, -0.2) is 0 Å². The molecule has 0 radical (unpaired) electrons. The summed E-state index contributed by atoms with van der Waals surface area (Å²) in [7, 11) is 3.42. The van der Waals surface area contributed by atoms with E-state index in [1.54, 1.807) is 36.5 Å². The van der Waals surface area contributed by atoms with Crippen molar-refractivity contribution in [2.24, 2.45) is 0 Å². The fourth-order valence-corrected chi connectivity index (χ4v) is 4.22. The Morgan fingerprint density at radius 1 is 1.28 bits per heavy atom. The Morgan fingerprint density at radius 2 is 2.08 bits per heavy atom. The van der Waals surface area contributed by atoms with Crippen LogP contribution in [0, 0.1) is 0 Å². The van der Waals surface area contributed by atoms with Crippen LogP contribution in [0.3, 0.4) is 0 Å². The zero-order valence-electron chi connectivity index (χ0n) is 14.4. The first-order chi connectivity index (χ1) is 12.1. The molecule has 0 spiro atoms. The summed E-state index contributed by atoms with van der Waals surface area (Å²) >= 11 is 1.57. The number of benzene rings is 1. The van der Waals surface area contributed by atoms with Crippen LogP contribution in [-0.4, -0.2) is 44.0 Å². The Morgan fingerprint density at radius 3 is 2.80 bits per heavy atom. The third-order valence-electron chi connectivity index (χ3n) is 4.52. The minimum atomic E-state index is -0.417. The average molecular weight is 358 g/mol. The van der Waals surface area contributed by atoms with Gasteiger partial charge in [-0.2, -0.15) is 0 Å². The van der Waals surface area contributed by atoms with Crippen molar-refractivity contribution in [1.29, 1.82) is 0 Å². The molecule has 25 heavy (non-hydrogen) atoms. The highest BCUT2D eigenvalue weighted by Gasteiger charge is 2.42. The first kappa shape index (κ1) is 17.6. The van der Waals surface area contributed by atoms with Crippen molar-refractivity contribution in [3.05, 3.63) is 57.8 Å². The van der Waals surface area contributed by atoms with Crippen LogP contribution in [0.15, 0.2) is 41.8 Å². The van der Waals surface area contributed by atoms with Crippen LogP contribution in [0.2, 0.25) is 0 Å². The summed E-state index contributed by atoms with van der Waals surface area (Å²) in [6.45, 7) is 1.16. The molecular formula is C19H22N2O3S. The van der Waals surface area contributed by atoms with Crippen LogP contribution in [0.1, 0.15) is 39.2 Å². The summed E-state index contributed by atoms with van der Waals surface area (Å²) in [6.07, 6.45) is 0.759. The van der Waals surface area contributed by atoms with Gasteiger partial charge in [-0.3, -0.25) is 9.59 Å². The minimum Gasteiger partial charge on any atom is -0.385 e. The highest BCUT2D eigenvalue weighted by Crippen LogP contribution is 2.43. The second-order valence-electron chi connectivity index (χ2n) is 6.08. The van der Waals surface area contributed by atoms with Crippen LogP contribution in [0.4, 0.5) is 0 Å². The number of thiophene rings is 1. The molecule has 3 rings (SSSR count). The highest BCUT2D eigenvalue weighted by atomic mass is 32.1. The van der Waals surface area contributed by atoms with Crippen molar-refractivity contribution in [3.8, 4) is 0 Å². The maximum atomic E-state index is 13.0. The lowest BCUT2D eigenvalue weighted by Crippen LogP contribution is -2.45. The second-order valence-corrected chi connectivity index (χ2v) is 7.06. The number of carbonyl (C=O) groups is 2. The molecule has 0 fully saturated rings. The van der Waals surface area contributed by atoms with Gasteiger partial charge in [-0.05, 0) is 29.5 Å². The van der Waals surface area contributed by atoms with E-state index < -0.39 is 5.92 Å². The monoisotopic (exact) mass is 358 g/mol. The maximum absolute atomic E-state index is 13.0. The van der Waals surface area contributed by atoms with Gasteiger partial charge in [0.15, 0.2) is 0 Å². The fraction of sp³-hybridized carbons (Fsp3) is 0.368. The molecule has 0 bridgehead atoms. The molecule has 2 aromatic rings. The summed E-state index contributed by atoms with van der Waals surface area (Å²) in [6, 6.07) is 11.1. The molecular weight excluding hydrogens is 336 g/mol. The van der Waals surface area contributed by atoms with Gasteiger partial charge in [0, 0.05) is 37.7 Å². The number of likely N-dealkylation sites (N-methyl/N-ethyl adjacent to an activating group) is 1. The molecule has 0 aliphatic carbocycles. The third-order valence-corrected chi connectivity index (χ3v) is 5.46. The molecule has 1 aliphatic rings. The Labute approximate surface area is 151 Å². The molecule has 0 saturated heterocycles. The van der Waals surface area contributed by atoms with E-state index in [0.29, 0.717) is 18.7 Å². The quantitative estimate of drug-likeness (QED) is 0.808. The number of hydrogen-bond donors (Lipinski definition) is 1. The summed E-state index contributed by atoms with van der Waals surface area (Å²) < 4.78 is 5.03. The molecule has 2 heterocycles. The number of hydrogen-bond acceptors (Lipinski definition) is 4. The smallest absolute Gasteiger partial charge is 0.254 e. The number of methoxy groups -OCH3 is 1. The molecule has 1 aliphatic heterocycles. The lowest BCUT2D eigenvalue weighted by atomic mass is 9.81. The van der Waals surface area contributed by atoms with Gasteiger partial charge in [0.25, 0.3) is 5.91 Å². The van der Waals surface area contributed by atoms with Gasteiger partial charge in [0.1, 0.15) is 0 Å². The zero-order chi connectivity index (χ0) is 17.8. The largest absolute Gasteiger partial charge is 0.385 e. The van der Waals surface area contributed by atoms with E-state index in [0.717, 1.165) is 16.9 Å². The Balaban J connectivity index is 1.96. The van der Waals surface area contributed by atoms with E-state index >= 15 is 0 Å². The van der Waals surface area contributed by atoms with Crippen molar-refractivity contribution in [2.45, 2.75) is 18.4 Å². The minimum absolute atomic E-state index is 0.0440. The van der Waals surface area contributed by atoms with E-state index in [1.807, 2.05) is 35.7 Å². The molecule has 1 N–H and O–H groups in total. The summed E-state index contributed by atoms with van der Waals surface area (Å²) in [5, 5.41) is 4.98. The molecule has 1 aromatic carbocycles. The van der Waals surface area contributed by atoms with E-state index in [9.17, 15) is 9.59 Å². The first-order valence-corrected chi connectivity index (χ1v) is 9.19. The van der Waals surface area contributed by atoms with E-state index in [1.165, 1.54) is 0 Å². The zero-order valence-corrected chi connectivity index (χ0v) is 15.2. The van der Waals surface area contributed by atoms with Crippen LogP contribution in [0.5, 0.6) is 0 Å². The van der Waals surface area contributed by atoms with Crippen molar-refractivity contribution < 1.29 is 14.3 Å². The number of ether oxygens (including phenoxy) is 1. The normalized spacial score (nSPS) is 19.6. The first-order valence-electron chi connectivity index (χ1n) is 8.31. The van der Waals surface area contributed by atoms with Crippen molar-refractivity contribution in [1.82, 2.24) is 10.2 Å². The molecule has 1 aromatic heterocycles. The Bertz CT molecular complexity index is 745. The Hall–Kier alpha value is -2.18. The topological polar surface area (TPSA) is 58.6 Å². The summed E-state index contributed by atoms with van der Waals surface area (Å²) in [5.41, 5.74) is 1.41. The van der Waals surface area contributed by atoms with Crippen LogP contribution < -0.4 is 5.32 Å². The number of rotatable bonds is 6. The molecule has 0 saturated carbocycles. The Kier molecular flexibility index (Phi) is 5.50. The number of carbonyl (C=O) groups excluding carboxylic acids is 2. The molecule has 6 heteroatoms. The van der Waals surface area contributed by atoms with E-state index in [-0.39, 0.29) is 17.9 Å². The number of nitrogens with zero attached hydrogens (tertiary/aromatic N) is 1. The third kappa shape index (κ3) is 3.45. The van der Waals surface area contributed by atoms with Crippen molar-refractivity contribution >= 4 is 23.2 Å². The SMILES string of the molecule is COCCCNC(=O)[C@H]1c2ccccc2C(=O)N(C)[C@H]1c1cccs1. The molecule has 2 amide bonds. The van der Waals surface area contributed by atoms with Crippen molar-refractivity contribution in [2.75, 3.05) is 27.3 Å². The predicted molar refractivity (Wildman–Crippen MR) is 97.8 cm³/mol. The number of nitrogens with one attached hydrogen (secondary N) is 1. The molecule has 5 nitrogen and oxygen atoms in total. The summed E-state index contributed by atoms with van der Waals surface area (Å²) in [5.74, 6) is -0.515. The second kappa shape index (κ2) is 7.80. The number of fused-ring (bicyclic) bond motifs is 1.